The van der Waals surface area contributed by atoms with Crippen LogP contribution in [0, 0.1) is 0 Å². The van der Waals surface area contributed by atoms with Gasteiger partial charge in [-0.1, -0.05) is 72.3 Å². The molecule has 3 aromatic carbocycles. The number of amides is 1. The number of carbonyl (C=O) groups is 1. The lowest BCUT2D eigenvalue weighted by atomic mass is 9.77. The van der Waals surface area contributed by atoms with E-state index < -0.39 is 0 Å². The molecule has 2 atom stereocenters. The third-order valence-corrected chi connectivity index (χ3v) is 4.75. The van der Waals surface area contributed by atoms with Crippen molar-refractivity contribution in [1.82, 2.24) is 0 Å². The molecule has 1 fully saturated rings. The third kappa shape index (κ3) is 2.49. The molecule has 3 aromatic rings. The van der Waals surface area contributed by atoms with Crippen molar-refractivity contribution in [3.8, 4) is 0 Å². The van der Waals surface area contributed by atoms with Gasteiger partial charge in [-0.15, -0.1) is 0 Å². The van der Waals surface area contributed by atoms with E-state index in [0.717, 1.165) is 16.8 Å². The fourth-order valence-corrected chi connectivity index (χ4v) is 3.48. The lowest BCUT2D eigenvalue weighted by molar-refractivity contribution is -0.126. The van der Waals surface area contributed by atoms with Gasteiger partial charge in [-0.05, 0) is 35.4 Å². The molecule has 118 valence electrons. The zero-order valence-corrected chi connectivity index (χ0v) is 13.7. The zero-order valence-electron chi connectivity index (χ0n) is 13.0. The largest absolute Gasteiger partial charge is 0.303 e. The van der Waals surface area contributed by atoms with Crippen molar-refractivity contribution in [3.05, 3.63) is 101 Å². The van der Waals surface area contributed by atoms with Crippen molar-refractivity contribution in [3.63, 3.8) is 0 Å². The summed E-state index contributed by atoms with van der Waals surface area (Å²) in [5.41, 5.74) is 3.08. The van der Waals surface area contributed by atoms with Crippen LogP contribution in [0.2, 0.25) is 5.02 Å². The topological polar surface area (TPSA) is 20.3 Å². The van der Waals surface area contributed by atoms with Crippen LogP contribution in [-0.2, 0) is 4.79 Å². The number of hydrogen-bond donors (Lipinski definition) is 0. The van der Waals surface area contributed by atoms with E-state index in [0.29, 0.717) is 5.02 Å². The second kappa shape index (κ2) is 6.14. The SMILES string of the molecule is O=C1[C@@H](c2ccccc2)[C@@H](c2ccccc2)N1c1ccc(Cl)cc1. The Morgan fingerprint density at radius 1 is 0.708 bits per heavy atom. The summed E-state index contributed by atoms with van der Waals surface area (Å²) in [6.45, 7) is 0. The standard InChI is InChI=1S/C21H16ClNO/c22-17-11-13-18(14-12-17)23-20(16-9-5-2-6-10-16)19(21(23)24)15-7-3-1-4-8-15/h1-14,19-20H/t19-,20+/m0/s1. The number of carbonyl (C=O) groups excluding carboxylic acids is 1. The zero-order chi connectivity index (χ0) is 16.5. The summed E-state index contributed by atoms with van der Waals surface area (Å²) >= 11 is 5.99. The molecule has 0 aliphatic carbocycles. The number of rotatable bonds is 3. The number of halogens is 1. The maximum absolute atomic E-state index is 12.9. The van der Waals surface area contributed by atoms with Gasteiger partial charge >= 0.3 is 0 Å². The fourth-order valence-electron chi connectivity index (χ4n) is 3.36. The minimum absolute atomic E-state index is 0.00211. The van der Waals surface area contributed by atoms with Gasteiger partial charge in [-0.2, -0.15) is 0 Å². The van der Waals surface area contributed by atoms with Crippen LogP contribution in [0.4, 0.5) is 5.69 Å². The molecule has 0 radical (unpaired) electrons. The van der Waals surface area contributed by atoms with Gasteiger partial charge in [-0.25, -0.2) is 0 Å². The monoisotopic (exact) mass is 333 g/mol. The first-order valence-corrected chi connectivity index (χ1v) is 8.32. The Hall–Kier alpha value is -2.58. The molecule has 0 saturated carbocycles. The first kappa shape index (κ1) is 15.0. The molecule has 0 N–H and O–H groups in total. The van der Waals surface area contributed by atoms with Gasteiger partial charge in [0.25, 0.3) is 0 Å². The van der Waals surface area contributed by atoms with Gasteiger partial charge in [0.15, 0.2) is 0 Å². The van der Waals surface area contributed by atoms with Gasteiger partial charge in [0, 0.05) is 10.7 Å². The van der Waals surface area contributed by atoms with Gasteiger partial charge in [0.1, 0.15) is 0 Å². The summed E-state index contributed by atoms with van der Waals surface area (Å²) in [5, 5.41) is 0.669. The lowest BCUT2D eigenvalue weighted by Gasteiger charge is -2.47. The van der Waals surface area contributed by atoms with Crippen LogP contribution in [0.1, 0.15) is 23.1 Å². The molecule has 4 rings (SSSR count). The van der Waals surface area contributed by atoms with Crippen molar-refractivity contribution in [2.24, 2.45) is 0 Å². The molecule has 0 unspecified atom stereocenters. The molecule has 1 aliphatic heterocycles. The Morgan fingerprint density at radius 2 is 1.25 bits per heavy atom. The van der Waals surface area contributed by atoms with E-state index in [4.69, 9.17) is 11.6 Å². The molecule has 1 saturated heterocycles. The molecular formula is C21H16ClNO. The molecular weight excluding hydrogens is 318 g/mol. The van der Waals surface area contributed by atoms with Crippen molar-refractivity contribution < 1.29 is 4.79 Å². The highest BCUT2D eigenvalue weighted by Gasteiger charge is 2.49. The molecule has 0 spiro atoms. The van der Waals surface area contributed by atoms with E-state index in [2.05, 4.69) is 12.1 Å². The van der Waals surface area contributed by atoms with E-state index in [-0.39, 0.29) is 17.9 Å². The highest BCUT2D eigenvalue weighted by Crippen LogP contribution is 2.48. The van der Waals surface area contributed by atoms with Crippen LogP contribution in [0.15, 0.2) is 84.9 Å². The van der Waals surface area contributed by atoms with E-state index in [1.165, 1.54) is 0 Å². The molecule has 2 nitrogen and oxygen atoms in total. The van der Waals surface area contributed by atoms with Crippen LogP contribution in [0.3, 0.4) is 0 Å². The molecule has 1 aliphatic rings. The van der Waals surface area contributed by atoms with Gasteiger partial charge in [-0.3, -0.25) is 4.79 Å². The average Bonchev–Trinajstić information content (AvgIpc) is 2.63. The summed E-state index contributed by atoms with van der Waals surface area (Å²) in [5.74, 6) is -0.0262. The molecule has 1 amide bonds. The van der Waals surface area contributed by atoms with Gasteiger partial charge in [0.05, 0.1) is 12.0 Å². The summed E-state index contributed by atoms with van der Waals surface area (Å²) in [4.78, 5) is 14.8. The number of nitrogens with zero attached hydrogens (tertiary/aromatic N) is 1. The number of hydrogen-bond acceptors (Lipinski definition) is 1. The third-order valence-electron chi connectivity index (χ3n) is 4.50. The summed E-state index contributed by atoms with van der Waals surface area (Å²) in [6.07, 6.45) is 0. The normalized spacial score (nSPS) is 19.9. The van der Waals surface area contributed by atoms with E-state index in [1.807, 2.05) is 77.7 Å². The number of β-lactam (4-membered cyclic amide) rings is 1. The fraction of sp³-hybridized carbons (Fsp3) is 0.0952. The smallest absolute Gasteiger partial charge is 0.237 e. The molecule has 0 bridgehead atoms. The van der Waals surface area contributed by atoms with Crippen LogP contribution in [-0.4, -0.2) is 5.91 Å². The lowest BCUT2D eigenvalue weighted by Crippen LogP contribution is -2.53. The Kier molecular flexibility index (Phi) is 3.83. The van der Waals surface area contributed by atoms with Crippen LogP contribution < -0.4 is 4.90 Å². The maximum Gasteiger partial charge on any atom is 0.237 e. The summed E-state index contributed by atoms with van der Waals surface area (Å²) in [6, 6.07) is 27.6. The second-order valence-corrected chi connectivity index (χ2v) is 6.36. The maximum atomic E-state index is 12.9. The van der Waals surface area contributed by atoms with E-state index in [9.17, 15) is 4.79 Å². The predicted octanol–water partition coefficient (Wildman–Crippen LogP) is 5.21. The summed E-state index contributed by atoms with van der Waals surface area (Å²) in [7, 11) is 0. The van der Waals surface area contributed by atoms with E-state index >= 15 is 0 Å². The highest BCUT2D eigenvalue weighted by atomic mass is 35.5. The van der Waals surface area contributed by atoms with Gasteiger partial charge in [0.2, 0.25) is 5.91 Å². The Bertz CT molecular complexity index is 846. The quantitative estimate of drug-likeness (QED) is 0.602. The van der Waals surface area contributed by atoms with Crippen molar-refractivity contribution >= 4 is 23.2 Å². The highest BCUT2D eigenvalue weighted by molar-refractivity contribution is 6.30. The molecule has 1 heterocycles. The van der Waals surface area contributed by atoms with Crippen molar-refractivity contribution in [2.45, 2.75) is 12.0 Å². The number of anilines is 1. The molecule has 0 aromatic heterocycles. The van der Waals surface area contributed by atoms with Crippen molar-refractivity contribution in [2.75, 3.05) is 4.90 Å². The second-order valence-electron chi connectivity index (χ2n) is 5.93. The van der Waals surface area contributed by atoms with Crippen molar-refractivity contribution in [1.29, 1.82) is 0 Å². The molecule has 24 heavy (non-hydrogen) atoms. The predicted molar refractivity (Wildman–Crippen MR) is 97.3 cm³/mol. The van der Waals surface area contributed by atoms with Crippen LogP contribution in [0.25, 0.3) is 0 Å². The van der Waals surface area contributed by atoms with E-state index in [1.54, 1.807) is 0 Å². The minimum atomic E-state index is -0.149. The first-order chi connectivity index (χ1) is 11.8. The number of benzene rings is 3. The first-order valence-electron chi connectivity index (χ1n) is 7.94. The Morgan fingerprint density at radius 3 is 1.83 bits per heavy atom. The van der Waals surface area contributed by atoms with Crippen LogP contribution >= 0.6 is 11.6 Å². The summed E-state index contributed by atoms with van der Waals surface area (Å²) < 4.78 is 0. The molecule has 3 heteroatoms. The Balaban J connectivity index is 1.77. The average molecular weight is 334 g/mol. The Labute approximate surface area is 146 Å². The van der Waals surface area contributed by atoms with Crippen LogP contribution in [0.5, 0.6) is 0 Å². The van der Waals surface area contributed by atoms with Gasteiger partial charge < -0.3 is 4.90 Å². The minimum Gasteiger partial charge on any atom is -0.303 e.